The van der Waals surface area contributed by atoms with Crippen molar-refractivity contribution in [2.75, 3.05) is 52.7 Å². The van der Waals surface area contributed by atoms with Gasteiger partial charge in [0.2, 0.25) is 0 Å². The van der Waals surface area contributed by atoms with Crippen molar-refractivity contribution < 1.29 is 38.2 Å². The lowest BCUT2D eigenvalue weighted by Gasteiger charge is -2.26. The van der Waals surface area contributed by atoms with Crippen LogP contribution in [0.15, 0.2) is 0 Å². The first-order valence-electron chi connectivity index (χ1n) is 17.2. The molecule has 0 fully saturated rings. The number of thioether (sulfide) groups is 1. The van der Waals surface area contributed by atoms with Crippen molar-refractivity contribution in [3.63, 3.8) is 0 Å². The van der Waals surface area contributed by atoms with Crippen molar-refractivity contribution in [2.45, 2.75) is 131 Å². The molecule has 46 heavy (non-hydrogen) atoms. The fraction of sp³-hybridized carbons (Fsp3) is 0.857. The van der Waals surface area contributed by atoms with E-state index in [4.69, 9.17) is 14.2 Å². The second-order valence-electron chi connectivity index (χ2n) is 13.7. The molecule has 0 aromatic rings. The molecule has 1 amide bonds. The molecular formula is C35H64N2O8S. The molecule has 0 unspecified atom stereocenters. The van der Waals surface area contributed by atoms with Gasteiger partial charge in [-0.25, -0.2) is 0 Å². The largest absolute Gasteiger partial charge is 0.461 e. The summed E-state index contributed by atoms with van der Waals surface area (Å²) >= 11 is 1.25. The standard InChI is InChI=1S/C35H64N2O8S/c1-9-11-13-20-34(3,4)31(40)43-27-29(28-44-32(41)35(5,6)21-14-12-10-2)45-30(39)19-17-24-37(23-15-16-25-38)33(42)46-26-18-22-36(7)8/h25,29H,9-24,26-28H2,1-8H3. The van der Waals surface area contributed by atoms with Gasteiger partial charge in [0.15, 0.2) is 6.10 Å². The fourth-order valence-corrected chi connectivity index (χ4v) is 5.45. The monoisotopic (exact) mass is 672 g/mol. The highest BCUT2D eigenvalue weighted by Gasteiger charge is 2.32. The zero-order chi connectivity index (χ0) is 35.0. The average molecular weight is 673 g/mol. The summed E-state index contributed by atoms with van der Waals surface area (Å²) in [4.78, 5) is 66.1. The quantitative estimate of drug-likeness (QED) is 0.0388. The molecular weight excluding hydrogens is 608 g/mol. The Morgan fingerprint density at radius 1 is 0.739 bits per heavy atom. The van der Waals surface area contributed by atoms with Crippen LogP contribution in [0.4, 0.5) is 4.79 Å². The van der Waals surface area contributed by atoms with Crippen LogP contribution in [-0.2, 0) is 33.4 Å². The van der Waals surface area contributed by atoms with Crippen molar-refractivity contribution in [3.05, 3.63) is 0 Å². The number of esters is 3. The Morgan fingerprint density at radius 3 is 1.74 bits per heavy atom. The highest BCUT2D eigenvalue weighted by atomic mass is 32.2. The van der Waals surface area contributed by atoms with Gasteiger partial charge in [-0.2, -0.15) is 0 Å². The molecule has 268 valence electrons. The van der Waals surface area contributed by atoms with E-state index < -0.39 is 22.9 Å². The summed E-state index contributed by atoms with van der Waals surface area (Å²) in [5, 5.41) is -0.0715. The number of carbonyl (C=O) groups is 5. The molecule has 0 aliphatic carbocycles. The Kier molecular flexibility index (Phi) is 23.8. The van der Waals surface area contributed by atoms with E-state index in [-0.39, 0.29) is 36.8 Å². The van der Waals surface area contributed by atoms with Gasteiger partial charge in [0.05, 0.1) is 10.8 Å². The van der Waals surface area contributed by atoms with Crippen molar-refractivity contribution in [2.24, 2.45) is 10.8 Å². The summed E-state index contributed by atoms with van der Waals surface area (Å²) in [5.74, 6) is -0.611. The maximum Gasteiger partial charge on any atom is 0.311 e. The molecule has 0 spiro atoms. The average Bonchev–Trinajstić information content (AvgIpc) is 2.99. The van der Waals surface area contributed by atoms with E-state index in [1.165, 1.54) is 11.8 Å². The van der Waals surface area contributed by atoms with Crippen LogP contribution in [0.3, 0.4) is 0 Å². The summed E-state index contributed by atoms with van der Waals surface area (Å²) in [6.45, 7) is 12.8. The minimum absolute atomic E-state index is 0.0339. The number of hydrogen-bond donors (Lipinski definition) is 0. The molecule has 0 radical (unpaired) electrons. The lowest BCUT2D eigenvalue weighted by molar-refractivity contribution is -0.173. The molecule has 10 nitrogen and oxygen atoms in total. The Morgan fingerprint density at radius 2 is 1.26 bits per heavy atom. The first kappa shape index (κ1) is 43.9. The minimum atomic E-state index is -0.948. The number of nitrogens with zero attached hydrogens (tertiary/aromatic N) is 2. The highest BCUT2D eigenvalue weighted by Crippen LogP contribution is 2.27. The Labute approximate surface area is 283 Å². The molecule has 0 bridgehead atoms. The van der Waals surface area contributed by atoms with Crippen LogP contribution in [0.25, 0.3) is 0 Å². The fourth-order valence-electron chi connectivity index (χ4n) is 4.63. The molecule has 0 aliphatic rings. The van der Waals surface area contributed by atoms with Crippen molar-refractivity contribution >= 4 is 41.2 Å². The predicted molar refractivity (Wildman–Crippen MR) is 185 cm³/mol. The van der Waals surface area contributed by atoms with Crippen LogP contribution in [0.5, 0.6) is 0 Å². The maximum absolute atomic E-state index is 12.9. The predicted octanol–water partition coefficient (Wildman–Crippen LogP) is 7.06. The van der Waals surface area contributed by atoms with Crippen LogP contribution >= 0.6 is 11.8 Å². The summed E-state index contributed by atoms with van der Waals surface area (Å²) in [6, 6.07) is 0. The smallest absolute Gasteiger partial charge is 0.311 e. The SMILES string of the molecule is CCCCCC(C)(C)C(=O)OCC(COC(=O)C(C)(C)CCCCC)OC(=O)CCCN(CCCC=O)C(=O)SCCCN(C)C. The summed E-state index contributed by atoms with van der Waals surface area (Å²) in [6.07, 6.45) is 9.40. The zero-order valence-electron chi connectivity index (χ0n) is 30.2. The molecule has 0 aromatic heterocycles. The van der Waals surface area contributed by atoms with Gasteiger partial charge in [-0.05, 0) is 80.4 Å². The number of carbonyl (C=O) groups excluding carboxylic acids is 5. The number of hydrogen-bond acceptors (Lipinski definition) is 10. The summed E-state index contributed by atoms with van der Waals surface area (Å²) in [5.41, 5.74) is -1.38. The van der Waals surface area contributed by atoms with E-state index in [2.05, 4.69) is 18.7 Å². The van der Waals surface area contributed by atoms with E-state index in [0.29, 0.717) is 50.9 Å². The third kappa shape index (κ3) is 20.9. The molecule has 0 saturated carbocycles. The lowest BCUT2D eigenvalue weighted by Crippen LogP contribution is -2.36. The van der Waals surface area contributed by atoms with Gasteiger partial charge in [-0.3, -0.25) is 19.2 Å². The van der Waals surface area contributed by atoms with E-state index in [9.17, 15) is 24.0 Å². The van der Waals surface area contributed by atoms with Crippen LogP contribution in [-0.4, -0.2) is 98.0 Å². The second-order valence-corrected chi connectivity index (χ2v) is 14.7. The molecule has 0 aliphatic heterocycles. The van der Waals surface area contributed by atoms with Gasteiger partial charge in [-0.1, -0.05) is 64.1 Å². The van der Waals surface area contributed by atoms with Crippen molar-refractivity contribution in [3.8, 4) is 0 Å². The van der Waals surface area contributed by atoms with Crippen molar-refractivity contribution in [1.82, 2.24) is 9.80 Å². The Hall–Kier alpha value is -2.14. The van der Waals surface area contributed by atoms with Gasteiger partial charge in [0, 0.05) is 31.7 Å². The molecule has 11 heteroatoms. The van der Waals surface area contributed by atoms with Gasteiger partial charge in [-0.15, -0.1) is 0 Å². The Bertz CT molecular complexity index is 856. The molecule has 0 saturated heterocycles. The lowest BCUT2D eigenvalue weighted by atomic mass is 9.87. The van der Waals surface area contributed by atoms with Gasteiger partial charge in [0.25, 0.3) is 5.24 Å². The topological polar surface area (TPSA) is 120 Å². The highest BCUT2D eigenvalue weighted by molar-refractivity contribution is 8.13. The third-order valence-electron chi connectivity index (χ3n) is 7.81. The minimum Gasteiger partial charge on any atom is -0.461 e. The van der Waals surface area contributed by atoms with E-state index in [1.807, 2.05) is 41.8 Å². The Balaban J connectivity index is 5.29. The van der Waals surface area contributed by atoms with Gasteiger partial charge < -0.3 is 28.8 Å². The normalized spacial score (nSPS) is 11.9. The third-order valence-corrected chi connectivity index (χ3v) is 8.80. The first-order chi connectivity index (χ1) is 21.7. The number of rotatable bonds is 27. The zero-order valence-corrected chi connectivity index (χ0v) is 31.0. The van der Waals surface area contributed by atoms with Gasteiger partial charge in [0.1, 0.15) is 19.5 Å². The maximum atomic E-state index is 12.9. The molecule has 0 rings (SSSR count). The van der Waals surface area contributed by atoms with Crippen LogP contribution in [0, 0.1) is 10.8 Å². The van der Waals surface area contributed by atoms with E-state index >= 15 is 0 Å². The van der Waals surface area contributed by atoms with Crippen LogP contribution in [0.2, 0.25) is 0 Å². The molecule has 0 N–H and O–H groups in total. The summed E-state index contributed by atoms with van der Waals surface area (Å²) < 4.78 is 16.9. The number of amides is 1. The van der Waals surface area contributed by atoms with E-state index in [0.717, 1.165) is 57.8 Å². The summed E-state index contributed by atoms with van der Waals surface area (Å²) in [7, 11) is 3.97. The number of ether oxygens (including phenoxy) is 3. The van der Waals surface area contributed by atoms with Crippen LogP contribution < -0.4 is 0 Å². The first-order valence-corrected chi connectivity index (χ1v) is 18.2. The second kappa shape index (κ2) is 25.0. The number of unbranched alkanes of at least 4 members (excludes halogenated alkanes) is 5. The molecule has 0 aromatic carbocycles. The van der Waals surface area contributed by atoms with Gasteiger partial charge >= 0.3 is 17.9 Å². The van der Waals surface area contributed by atoms with E-state index in [1.54, 1.807) is 4.90 Å². The molecule has 0 atom stereocenters. The number of aldehydes is 1. The molecule has 0 heterocycles. The van der Waals surface area contributed by atoms with Crippen LogP contribution in [0.1, 0.15) is 125 Å². The van der Waals surface area contributed by atoms with Crippen molar-refractivity contribution in [1.29, 1.82) is 0 Å².